The van der Waals surface area contributed by atoms with Gasteiger partial charge in [-0.05, 0) is 37.5 Å². The Morgan fingerprint density at radius 3 is 2.61 bits per heavy atom. The van der Waals surface area contributed by atoms with Gasteiger partial charge in [-0.2, -0.15) is 0 Å². The zero-order valence-corrected chi connectivity index (χ0v) is 20.4. The van der Waals surface area contributed by atoms with Crippen LogP contribution in [-0.2, 0) is 10.3 Å². The van der Waals surface area contributed by atoms with Gasteiger partial charge in [-0.1, -0.05) is 67.8 Å². The van der Waals surface area contributed by atoms with E-state index < -0.39 is 5.54 Å². The number of nitrogens with one attached hydrogen (secondary N) is 2. The maximum Gasteiger partial charge on any atom is 0.224 e. The molecule has 1 aliphatic carbocycles. The lowest BCUT2D eigenvalue weighted by Crippen LogP contribution is -2.48. The molecule has 2 aromatic carbocycles. The molecule has 1 fully saturated rings. The van der Waals surface area contributed by atoms with Gasteiger partial charge in [0.2, 0.25) is 5.91 Å². The van der Waals surface area contributed by atoms with E-state index in [1.165, 1.54) is 6.42 Å². The second-order valence-electron chi connectivity index (χ2n) is 9.90. The summed E-state index contributed by atoms with van der Waals surface area (Å²) in [6, 6.07) is 20.2. The lowest BCUT2D eigenvalue weighted by Gasteiger charge is -2.33. The lowest BCUT2D eigenvalue weighted by molar-refractivity contribution is -0.127. The number of hydrogen-bond donors (Lipinski definition) is 3. The number of H-pyrrole nitrogens is 1. The molecule has 4 N–H and O–H groups in total. The molecule has 1 atom stereocenters. The van der Waals surface area contributed by atoms with E-state index in [2.05, 4.69) is 27.4 Å². The van der Waals surface area contributed by atoms with Crippen molar-refractivity contribution < 1.29 is 4.79 Å². The van der Waals surface area contributed by atoms with E-state index in [4.69, 9.17) is 10.7 Å². The first-order valence-corrected chi connectivity index (χ1v) is 12.6. The number of aromatic nitrogens is 4. The van der Waals surface area contributed by atoms with Crippen LogP contribution in [-0.4, -0.2) is 25.3 Å². The van der Waals surface area contributed by atoms with Crippen LogP contribution in [0.15, 0.2) is 73.1 Å². The number of para-hydroxylation sites is 1. The van der Waals surface area contributed by atoms with E-state index in [-0.39, 0.29) is 11.8 Å². The van der Waals surface area contributed by atoms with Crippen molar-refractivity contribution in [1.82, 2.24) is 24.7 Å². The fraction of sp³-hybridized carbons (Fsp3) is 0.276. The molecule has 0 bridgehead atoms. The minimum atomic E-state index is -0.878. The molecular formula is C29H30N6O. The highest BCUT2D eigenvalue weighted by Gasteiger charge is 2.38. The van der Waals surface area contributed by atoms with Gasteiger partial charge in [0.05, 0.1) is 5.69 Å². The van der Waals surface area contributed by atoms with Gasteiger partial charge in [0, 0.05) is 29.2 Å². The SMILES string of the molecule is C[C@](NC(=O)C1CCCCC1)(c1ccccc1)c1nc(-c2cc3ccccc3[nH]2)c2c(N)nccn12. The number of amides is 1. The molecule has 1 aliphatic rings. The minimum Gasteiger partial charge on any atom is -0.382 e. The molecule has 0 radical (unpaired) electrons. The van der Waals surface area contributed by atoms with Crippen molar-refractivity contribution in [3.05, 3.63) is 84.4 Å². The molecule has 7 heteroatoms. The maximum atomic E-state index is 13.6. The van der Waals surface area contributed by atoms with Crippen molar-refractivity contribution in [2.24, 2.45) is 5.92 Å². The quantitative estimate of drug-likeness (QED) is 0.314. The second-order valence-corrected chi connectivity index (χ2v) is 9.90. The monoisotopic (exact) mass is 478 g/mol. The van der Waals surface area contributed by atoms with Crippen molar-refractivity contribution in [2.75, 3.05) is 5.73 Å². The van der Waals surface area contributed by atoms with E-state index >= 15 is 0 Å². The van der Waals surface area contributed by atoms with E-state index in [1.54, 1.807) is 6.20 Å². The summed E-state index contributed by atoms with van der Waals surface area (Å²) < 4.78 is 1.97. The first-order valence-electron chi connectivity index (χ1n) is 12.6. The van der Waals surface area contributed by atoms with Gasteiger partial charge in [0.1, 0.15) is 28.4 Å². The van der Waals surface area contributed by atoms with Crippen LogP contribution in [0.2, 0.25) is 0 Å². The zero-order chi connectivity index (χ0) is 24.7. The fourth-order valence-corrected chi connectivity index (χ4v) is 5.55. The lowest BCUT2D eigenvalue weighted by atomic mass is 9.86. The summed E-state index contributed by atoms with van der Waals surface area (Å²) >= 11 is 0. The van der Waals surface area contributed by atoms with Gasteiger partial charge < -0.3 is 16.0 Å². The summed E-state index contributed by atoms with van der Waals surface area (Å²) in [7, 11) is 0. The highest BCUT2D eigenvalue weighted by atomic mass is 16.2. The van der Waals surface area contributed by atoms with Crippen molar-refractivity contribution in [3.8, 4) is 11.4 Å². The van der Waals surface area contributed by atoms with Crippen LogP contribution in [0.25, 0.3) is 27.8 Å². The largest absolute Gasteiger partial charge is 0.382 e. The first kappa shape index (κ1) is 22.3. The van der Waals surface area contributed by atoms with Crippen molar-refractivity contribution in [1.29, 1.82) is 0 Å². The van der Waals surface area contributed by atoms with Gasteiger partial charge >= 0.3 is 0 Å². The third kappa shape index (κ3) is 3.71. The summed E-state index contributed by atoms with van der Waals surface area (Å²) in [4.78, 5) is 26.6. The van der Waals surface area contributed by atoms with E-state index in [0.29, 0.717) is 22.9 Å². The molecule has 7 nitrogen and oxygen atoms in total. The van der Waals surface area contributed by atoms with E-state index in [9.17, 15) is 4.79 Å². The molecule has 0 unspecified atom stereocenters. The molecule has 3 heterocycles. The molecule has 0 spiro atoms. The average Bonchev–Trinajstić information content (AvgIpc) is 3.52. The standard InChI is InChI=1S/C29H30N6O/c1-29(21-13-6-3-7-14-21,34-27(36)19-10-4-2-5-11-19)28-33-24(25-26(30)31-16-17-35(25)28)23-18-20-12-8-9-15-22(20)32-23/h3,6-9,12-19,32H,2,4-5,10-11H2,1H3,(H2,30,31)(H,34,36)/t29-/m0/s1. The number of carbonyl (C=O) groups excluding carboxylic acids is 1. The predicted molar refractivity (Wildman–Crippen MR) is 142 cm³/mol. The van der Waals surface area contributed by atoms with Crippen LogP contribution in [0.3, 0.4) is 0 Å². The third-order valence-electron chi connectivity index (χ3n) is 7.52. The van der Waals surface area contributed by atoms with Crippen molar-refractivity contribution in [2.45, 2.75) is 44.6 Å². The average molecular weight is 479 g/mol. The number of nitrogens with two attached hydrogens (primary N) is 1. The Bertz CT molecular complexity index is 1510. The van der Waals surface area contributed by atoms with Crippen molar-refractivity contribution in [3.63, 3.8) is 0 Å². The van der Waals surface area contributed by atoms with Crippen LogP contribution < -0.4 is 11.1 Å². The van der Waals surface area contributed by atoms with Crippen LogP contribution in [0.1, 0.15) is 50.4 Å². The Morgan fingerprint density at radius 1 is 1.08 bits per heavy atom. The Kier molecular flexibility index (Phi) is 5.48. The summed E-state index contributed by atoms with van der Waals surface area (Å²) in [6.45, 7) is 2.03. The molecule has 5 aromatic rings. The summed E-state index contributed by atoms with van der Waals surface area (Å²) in [6.07, 6.45) is 8.79. The zero-order valence-electron chi connectivity index (χ0n) is 20.4. The molecule has 1 saturated carbocycles. The molecule has 6 rings (SSSR count). The summed E-state index contributed by atoms with van der Waals surface area (Å²) in [5, 5.41) is 4.50. The van der Waals surface area contributed by atoms with Crippen LogP contribution in [0.4, 0.5) is 5.82 Å². The predicted octanol–water partition coefficient (Wildman–Crippen LogP) is 5.42. The normalized spacial score (nSPS) is 16.2. The van der Waals surface area contributed by atoms with Gasteiger partial charge in [-0.3, -0.25) is 9.20 Å². The van der Waals surface area contributed by atoms with E-state index in [0.717, 1.165) is 47.8 Å². The van der Waals surface area contributed by atoms with Gasteiger partial charge in [0.25, 0.3) is 0 Å². The van der Waals surface area contributed by atoms with Crippen LogP contribution in [0, 0.1) is 5.92 Å². The van der Waals surface area contributed by atoms with Crippen molar-refractivity contribution >= 4 is 28.1 Å². The van der Waals surface area contributed by atoms with E-state index in [1.807, 2.05) is 66.1 Å². The molecule has 182 valence electrons. The highest BCUT2D eigenvalue weighted by molar-refractivity contribution is 5.91. The number of imidazole rings is 1. The molecular weight excluding hydrogens is 448 g/mol. The molecule has 0 aliphatic heterocycles. The first-order chi connectivity index (χ1) is 17.5. The van der Waals surface area contributed by atoms with Crippen LogP contribution >= 0.6 is 0 Å². The minimum absolute atomic E-state index is 0.0212. The number of nitrogen functional groups attached to an aromatic ring is 1. The Balaban J connectivity index is 1.54. The summed E-state index contributed by atoms with van der Waals surface area (Å²) in [5.74, 6) is 1.18. The third-order valence-corrected chi connectivity index (χ3v) is 7.52. The Morgan fingerprint density at radius 2 is 1.83 bits per heavy atom. The number of rotatable bonds is 5. The fourth-order valence-electron chi connectivity index (χ4n) is 5.55. The number of fused-ring (bicyclic) bond motifs is 2. The topological polar surface area (TPSA) is 101 Å². The Labute approximate surface area is 209 Å². The number of hydrogen-bond acceptors (Lipinski definition) is 4. The number of anilines is 1. The van der Waals surface area contributed by atoms with Crippen LogP contribution in [0.5, 0.6) is 0 Å². The maximum absolute atomic E-state index is 13.6. The molecule has 1 amide bonds. The molecule has 0 saturated heterocycles. The molecule has 3 aromatic heterocycles. The van der Waals surface area contributed by atoms with Gasteiger partial charge in [-0.25, -0.2) is 9.97 Å². The summed E-state index contributed by atoms with van der Waals surface area (Å²) in [5.41, 5.74) is 9.81. The number of carbonyl (C=O) groups is 1. The number of benzene rings is 2. The Hall–Kier alpha value is -4.13. The molecule has 36 heavy (non-hydrogen) atoms. The smallest absolute Gasteiger partial charge is 0.224 e. The number of aromatic amines is 1. The van der Waals surface area contributed by atoms with Gasteiger partial charge in [-0.15, -0.1) is 0 Å². The highest BCUT2D eigenvalue weighted by Crippen LogP contribution is 2.36. The number of nitrogens with zero attached hydrogens (tertiary/aromatic N) is 3. The second kappa shape index (κ2) is 8.82. The van der Waals surface area contributed by atoms with Gasteiger partial charge in [0.15, 0.2) is 0 Å².